The van der Waals surface area contributed by atoms with E-state index >= 15 is 0 Å². The fourth-order valence-electron chi connectivity index (χ4n) is 3.36. The highest BCUT2D eigenvalue weighted by Crippen LogP contribution is 2.40. The van der Waals surface area contributed by atoms with Crippen LogP contribution in [0.25, 0.3) is 0 Å². The Morgan fingerprint density at radius 3 is 2.52 bits per heavy atom. The molecule has 0 unspecified atom stereocenters. The summed E-state index contributed by atoms with van der Waals surface area (Å²) in [5, 5.41) is 3.42. The number of nitrogens with zero attached hydrogens (tertiary/aromatic N) is 1. The van der Waals surface area contributed by atoms with Gasteiger partial charge in [0, 0.05) is 30.3 Å². The molecule has 27 heavy (non-hydrogen) atoms. The van der Waals surface area contributed by atoms with E-state index in [1.54, 1.807) is 29.2 Å². The molecule has 0 bridgehead atoms. The number of piperidine rings is 1. The van der Waals surface area contributed by atoms with Crippen LogP contribution >= 0.6 is 11.6 Å². The number of rotatable bonds is 3. The highest BCUT2D eigenvalue weighted by molar-refractivity contribution is 6.32. The summed E-state index contributed by atoms with van der Waals surface area (Å²) in [4.78, 5) is 26.8. The molecule has 1 fully saturated rings. The van der Waals surface area contributed by atoms with Crippen molar-refractivity contribution in [2.45, 2.75) is 18.9 Å². The van der Waals surface area contributed by atoms with Gasteiger partial charge in [0.05, 0.1) is 5.02 Å². The number of carbonyl (C=O) groups is 2. The van der Waals surface area contributed by atoms with Gasteiger partial charge in [-0.2, -0.15) is 0 Å². The Labute approximate surface area is 162 Å². The minimum atomic E-state index is -0.0944. The lowest BCUT2D eigenvalue weighted by Crippen LogP contribution is -2.46. The molecule has 2 aliphatic rings. The minimum absolute atomic E-state index is 0.0575. The van der Waals surface area contributed by atoms with Crippen molar-refractivity contribution in [3.63, 3.8) is 0 Å². The number of hydrogen-bond acceptors (Lipinski definition) is 4. The Morgan fingerprint density at radius 2 is 1.78 bits per heavy atom. The van der Waals surface area contributed by atoms with Crippen LogP contribution in [0.4, 0.5) is 0 Å². The monoisotopic (exact) mass is 386 g/mol. The third-order valence-corrected chi connectivity index (χ3v) is 5.11. The van der Waals surface area contributed by atoms with Gasteiger partial charge in [-0.1, -0.05) is 29.8 Å². The Balaban J connectivity index is 1.36. The zero-order valence-corrected chi connectivity index (χ0v) is 15.4. The van der Waals surface area contributed by atoms with Crippen molar-refractivity contribution in [1.82, 2.24) is 10.2 Å². The number of ether oxygens (including phenoxy) is 2. The summed E-state index contributed by atoms with van der Waals surface area (Å²) < 4.78 is 10.6. The van der Waals surface area contributed by atoms with Gasteiger partial charge in [-0.25, -0.2) is 0 Å². The van der Waals surface area contributed by atoms with E-state index in [1.165, 1.54) is 0 Å². The normalized spacial score (nSPS) is 16.3. The first kappa shape index (κ1) is 17.7. The third-order valence-electron chi connectivity index (χ3n) is 4.83. The summed E-state index contributed by atoms with van der Waals surface area (Å²) in [6, 6.07) is 12.5. The molecule has 0 spiro atoms. The van der Waals surface area contributed by atoms with Crippen LogP contribution < -0.4 is 14.8 Å². The zero-order chi connectivity index (χ0) is 18.8. The first-order chi connectivity index (χ1) is 13.1. The topological polar surface area (TPSA) is 67.9 Å². The van der Waals surface area contributed by atoms with E-state index in [0.29, 0.717) is 53.6 Å². The van der Waals surface area contributed by atoms with Gasteiger partial charge in [-0.3, -0.25) is 9.59 Å². The van der Waals surface area contributed by atoms with Crippen molar-refractivity contribution in [2.75, 3.05) is 19.9 Å². The fourth-order valence-corrected chi connectivity index (χ4v) is 3.62. The SMILES string of the molecule is O=C(NC1CCN(C(=O)c2cc(Cl)c3c(c2)OCO3)CC1)c1ccccc1. The standard InChI is InChI=1S/C20H19ClN2O4/c21-16-10-14(11-17-18(16)27-12-26-17)20(25)23-8-6-15(7-9-23)22-19(24)13-4-2-1-3-5-13/h1-5,10-11,15H,6-9,12H2,(H,22,24). The average molecular weight is 387 g/mol. The summed E-state index contributed by atoms with van der Waals surface area (Å²) in [5.41, 5.74) is 1.13. The van der Waals surface area contributed by atoms with E-state index in [-0.39, 0.29) is 24.6 Å². The molecule has 2 heterocycles. The number of amides is 2. The van der Waals surface area contributed by atoms with E-state index in [0.717, 1.165) is 0 Å². The van der Waals surface area contributed by atoms with Crippen molar-refractivity contribution >= 4 is 23.4 Å². The number of hydrogen-bond donors (Lipinski definition) is 1. The number of benzene rings is 2. The van der Waals surface area contributed by atoms with Crippen LogP contribution in [0.15, 0.2) is 42.5 Å². The Morgan fingerprint density at radius 1 is 1.04 bits per heavy atom. The first-order valence-corrected chi connectivity index (χ1v) is 9.24. The smallest absolute Gasteiger partial charge is 0.254 e. The number of halogens is 1. The molecule has 0 saturated carbocycles. The maximum atomic E-state index is 12.8. The molecule has 2 aromatic carbocycles. The molecule has 0 aromatic heterocycles. The van der Waals surface area contributed by atoms with Crippen LogP contribution in [-0.4, -0.2) is 42.6 Å². The second-order valence-electron chi connectivity index (χ2n) is 6.60. The zero-order valence-electron chi connectivity index (χ0n) is 14.6. The van der Waals surface area contributed by atoms with E-state index < -0.39 is 0 Å². The van der Waals surface area contributed by atoms with Crippen LogP contribution in [0.5, 0.6) is 11.5 Å². The number of carbonyl (C=O) groups excluding carboxylic acids is 2. The molecule has 0 atom stereocenters. The predicted octanol–water partition coefficient (Wildman–Crippen LogP) is 3.10. The quantitative estimate of drug-likeness (QED) is 0.880. The van der Waals surface area contributed by atoms with Crippen molar-refractivity contribution in [1.29, 1.82) is 0 Å². The third kappa shape index (κ3) is 3.71. The van der Waals surface area contributed by atoms with E-state index in [9.17, 15) is 9.59 Å². The number of likely N-dealkylation sites (tertiary alicyclic amines) is 1. The molecule has 7 heteroatoms. The molecular weight excluding hydrogens is 368 g/mol. The van der Waals surface area contributed by atoms with Gasteiger partial charge >= 0.3 is 0 Å². The second kappa shape index (κ2) is 7.48. The van der Waals surface area contributed by atoms with Crippen LogP contribution in [0, 0.1) is 0 Å². The summed E-state index contributed by atoms with van der Waals surface area (Å²) >= 11 is 6.17. The molecule has 1 saturated heterocycles. The van der Waals surface area contributed by atoms with Gasteiger partial charge in [0.25, 0.3) is 11.8 Å². The van der Waals surface area contributed by atoms with Crippen molar-refractivity contribution in [3.8, 4) is 11.5 Å². The molecule has 2 amide bonds. The van der Waals surface area contributed by atoms with Gasteiger partial charge < -0.3 is 19.7 Å². The summed E-state index contributed by atoms with van der Waals surface area (Å²) in [5.74, 6) is 0.803. The lowest BCUT2D eigenvalue weighted by atomic mass is 10.0. The Bertz CT molecular complexity index is 864. The van der Waals surface area contributed by atoms with Gasteiger partial charge in [0.1, 0.15) is 0 Å². The van der Waals surface area contributed by atoms with Crippen molar-refractivity contribution in [3.05, 3.63) is 58.6 Å². The maximum Gasteiger partial charge on any atom is 0.254 e. The lowest BCUT2D eigenvalue weighted by Gasteiger charge is -2.32. The van der Waals surface area contributed by atoms with E-state index in [1.807, 2.05) is 18.2 Å². The molecule has 2 aromatic rings. The summed E-state index contributed by atoms with van der Waals surface area (Å²) in [7, 11) is 0. The molecule has 0 aliphatic carbocycles. The summed E-state index contributed by atoms with van der Waals surface area (Å²) in [6.45, 7) is 1.26. The van der Waals surface area contributed by atoms with Crippen LogP contribution in [-0.2, 0) is 0 Å². The minimum Gasteiger partial charge on any atom is -0.454 e. The van der Waals surface area contributed by atoms with Crippen molar-refractivity contribution in [2.24, 2.45) is 0 Å². The molecule has 1 N–H and O–H groups in total. The average Bonchev–Trinajstić information content (AvgIpc) is 3.18. The van der Waals surface area contributed by atoms with E-state index in [4.69, 9.17) is 21.1 Å². The second-order valence-corrected chi connectivity index (χ2v) is 7.01. The molecule has 6 nitrogen and oxygen atoms in total. The van der Waals surface area contributed by atoms with Crippen LogP contribution in [0.2, 0.25) is 5.02 Å². The first-order valence-electron chi connectivity index (χ1n) is 8.86. The van der Waals surface area contributed by atoms with Gasteiger partial charge in [-0.15, -0.1) is 0 Å². The largest absolute Gasteiger partial charge is 0.454 e. The van der Waals surface area contributed by atoms with Gasteiger partial charge in [0.15, 0.2) is 11.5 Å². The highest BCUT2D eigenvalue weighted by Gasteiger charge is 2.27. The highest BCUT2D eigenvalue weighted by atomic mass is 35.5. The molecular formula is C20H19ClN2O4. The van der Waals surface area contributed by atoms with Gasteiger partial charge in [-0.05, 0) is 37.1 Å². The predicted molar refractivity (Wildman–Crippen MR) is 100 cm³/mol. The van der Waals surface area contributed by atoms with Gasteiger partial charge in [0.2, 0.25) is 6.79 Å². The Kier molecular flexibility index (Phi) is 4.90. The summed E-state index contributed by atoms with van der Waals surface area (Å²) in [6.07, 6.45) is 1.42. The van der Waals surface area contributed by atoms with E-state index in [2.05, 4.69) is 5.32 Å². The number of fused-ring (bicyclic) bond motifs is 1. The van der Waals surface area contributed by atoms with Crippen molar-refractivity contribution < 1.29 is 19.1 Å². The Hall–Kier alpha value is -2.73. The molecule has 0 radical (unpaired) electrons. The van der Waals surface area contributed by atoms with Crippen LogP contribution in [0.1, 0.15) is 33.6 Å². The molecule has 2 aliphatic heterocycles. The fraction of sp³-hybridized carbons (Fsp3) is 0.300. The van der Waals surface area contributed by atoms with Crippen LogP contribution in [0.3, 0.4) is 0 Å². The molecule has 4 rings (SSSR count). The molecule has 140 valence electrons. The maximum absolute atomic E-state index is 12.8. The number of nitrogens with one attached hydrogen (secondary N) is 1. The lowest BCUT2D eigenvalue weighted by molar-refractivity contribution is 0.0697.